The monoisotopic (exact) mass is 664 g/mol. The number of aliphatic hydroxyl groups is 1. The third kappa shape index (κ3) is 11.1. The van der Waals surface area contributed by atoms with E-state index in [9.17, 15) is 14.7 Å². The summed E-state index contributed by atoms with van der Waals surface area (Å²) in [7, 11) is 0. The maximum absolute atomic E-state index is 13.4. The van der Waals surface area contributed by atoms with Crippen LogP contribution < -0.4 is 0 Å². The first-order valence-electron chi connectivity index (χ1n) is 18.7. The van der Waals surface area contributed by atoms with E-state index in [0.717, 1.165) is 51.6 Å². The van der Waals surface area contributed by atoms with Crippen LogP contribution >= 0.6 is 0 Å². The molecule has 8 nitrogen and oxygen atoms in total. The van der Waals surface area contributed by atoms with Crippen LogP contribution in [0.4, 0.5) is 0 Å². The number of carbonyl (C=O) groups excluding carboxylic acids is 2. The van der Waals surface area contributed by atoms with E-state index in [0.29, 0.717) is 37.2 Å². The number of epoxide rings is 1. The van der Waals surface area contributed by atoms with E-state index in [4.69, 9.17) is 23.7 Å². The fourth-order valence-corrected chi connectivity index (χ4v) is 8.51. The van der Waals surface area contributed by atoms with E-state index >= 15 is 0 Å². The maximum Gasteiger partial charge on any atom is 0.310 e. The normalized spacial score (nSPS) is 36.0. The van der Waals surface area contributed by atoms with Crippen LogP contribution in [0, 0.1) is 51.8 Å². The van der Waals surface area contributed by atoms with Crippen molar-refractivity contribution in [3.8, 4) is 0 Å². The number of ether oxygens (including phenoxy) is 5. The summed E-state index contributed by atoms with van der Waals surface area (Å²) >= 11 is 0. The summed E-state index contributed by atoms with van der Waals surface area (Å²) < 4.78 is 30.0. The van der Waals surface area contributed by atoms with Crippen molar-refractivity contribution < 1.29 is 38.4 Å². The second-order valence-electron chi connectivity index (χ2n) is 18.8. The van der Waals surface area contributed by atoms with Crippen LogP contribution in [0.25, 0.3) is 0 Å². The molecule has 0 bridgehead atoms. The zero-order valence-electron chi connectivity index (χ0n) is 31.3. The minimum absolute atomic E-state index is 0.00412. The maximum atomic E-state index is 13.4. The number of aliphatic hydroxyl groups excluding tert-OH is 1. The Morgan fingerprint density at radius 2 is 1.30 bits per heavy atom. The molecule has 1 saturated heterocycles. The summed E-state index contributed by atoms with van der Waals surface area (Å²) in [5, 5.41) is 10.9. The van der Waals surface area contributed by atoms with Gasteiger partial charge in [0.05, 0.1) is 43.9 Å². The molecule has 0 radical (unpaired) electrons. The number of hydrogen-bond donors (Lipinski definition) is 1. The molecule has 47 heavy (non-hydrogen) atoms. The first-order chi connectivity index (χ1) is 21.8. The Bertz CT molecular complexity index is 1010. The average Bonchev–Trinajstić information content (AvgIpc) is 3.81. The molecular formula is C39H68O8. The highest BCUT2D eigenvalue weighted by molar-refractivity contribution is 5.82. The Morgan fingerprint density at radius 3 is 1.83 bits per heavy atom. The van der Waals surface area contributed by atoms with Gasteiger partial charge in [-0.2, -0.15) is 0 Å². The van der Waals surface area contributed by atoms with Crippen molar-refractivity contribution in [1.29, 1.82) is 0 Å². The molecule has 0 aromatic rings. The minimum Gasteiger partial charge on any atom is -0.463 e. The largest absolute Gasteiger partial charge is 0.463 e. The van der Waals surface area contributed by atoms with Crippen molar-refractivity contribution in [2.75, 3.05) is 26.4 Å². The Morgan fingerprint density at radius 1 is 0.723 bits per heavy atom. The van der Waals surface area contributed by atoms with Crippen LogP contribution in [0.5, 0.6) is 0 Å². The molecule has 272 valence electrons. The predicted octanol–water partition coefficient (Wildman–Crippen LogP) is 7.38. The zero-order chi connectivity index (χ0) is 34.7. The van der Waals surface area contributed by atoms with Gasteiger partial charge in [-0.1, -0.05) is 69.2 Å². The molecular weight excluding hydrogens is 596 g/mol. The molecule has 9 unspecified atom stereocenters. The number of hydrogen-bond acceptors (Lipinski definition) is 8. The molecule has 1 N–H and O–H groups in total. The lowest BCUT2D eigenvalue weighted by Crippen LogP contribution is -2.50. The van der Waals surface area contributed by atoms with Gasteiger partial charge in [-0.3, -0.25) is 9.59 Å². The molecule has 4 rings (SSSR count). The fourth-order valence-electron chi connectivity index (χ4n) is 8.51. The molecule has 4 fully saturated rings. The van der Waals surface area contributed by atoms with Gasteiger partial charge in [0, 0.05) is 0 Å². The SMILES string of the molecule is CC1CCC(C(=O)OC2CCC(C(C)(C)C)CC2)C(C(=O)OCC(O)COC2CC(C(C)(C)C)C(OCC3CO3)CC2C(C)(C)C)C1. The van der Waals surface area contributed by atoms with Crippen LogP contribution in [0.2, 0.25) is 0 Å². The van der Waals surface area contributed by atoms with Crippen LogP contribution in [-0.2, 0) is 33.3 Å². The lowest BCUT2D eigenvalue weighted by atomic mass is 9.61. The zero-order valence-corrected chi connectivity index (χ0v) is 31.3. The smallest absolute Gasteiger partial charge is 0.310 e. The van der Waals surface area contributed by atoms with Crippen molar-refractivity contribution >= 4 is 11.9 Å². The number of rotatable bonds is 11. The highest BCUT2D eigenvalue weighted by Crippen LogP contribution is 2.48. The Hall–Kier alpha value is -1.22. The minimum atomic E-state index is -0.946. The highest BCUT2D eigenvalue weighted by atomic mass is 16.6. The molecule has 0 spiro atoms. The quantitative estimate of drug-likeness (QED) is 0.180. The van der Waals surface area contributed by atoms with Crippen LogP contribution in [0.15, 0.2) is 0 Å². The van der Waals surface area contributed by atoms with Gasteiger partial charge >= 0.3 is 11.9 Å². The van der Waals surface area contributed by atoms with E-state index < -0.39 is 23.9 Å². The number of esters is 2. The first kappa shape index (κ1) is 38.6. The first-order valence-corrected chi connectivity index (χ1v) is 18.7. The van der Waals surface area contributed by atoms with Gasteiger partial charge in [0.15, 0.2) is 0 Å². The average molecular weight is 665 g/mol. The summed E-state index contributed by atoms with van der Waals surface area (Å²) in [6, 6.07) is 0. The summed E-state index contributed by atoms with van der Waals surface area (Å²) in [6.45, 7) is 23.8. The van der Waals surface area contributed by atoms with Crippen molar-refractivity contribution in [2.24, 2.45) is 51.8 Å². The molecule has 0 aromatic carbocycles. The molecule has 3 saturated carbocycles. The molecule has 9 atom stereocenters. The van der Waals surface area contributed by atoms with E-state index in [-0.39, 0.29) is 65.8 Å². The highest BCUT2D eigenvalue weighted by Gasteiger charge is 2.47. The molecule has 8 heteroatoms. The van der Waals surface area contributed by atoms with E-state index in [1.807, 2.05) is 0 Å². The van der Waals surface area contributed by atoms with E-state index in [2.05, 4.69) is 69.2 Å². The molecule has 4 aliphatic rings. The molecule has 3 aliphatic carbocycles. The third-order valence-electron chi connectivity index (χ3n) is 11.8. The topological polar surface area (TPSA) is 104 Å². The summed E-state index contributed by atoms with van der Waals surface area (Å²) in [5.74, 6) is -0.176. The van der Waals surface area contributed by atoms with Crippen molar-refractivity contribution in [3.05, 3.63) is 0 Å². The van der Waals surface area contributed by atoms with Crippen molar-refractivity contribution in [1.82, 2.24) is 0 Å². The lowest BCUT2D eigenvalue weighted by Gasteiger charge is -2.50. The Kier molecular flexibility index (Phi) is 12.9. The summed E-state index contributed by atoms with van der Waals surface area (Å²) in [4.78, 5) is 26.8. The molecule has 1 heterocycles. The molecule has 0 aromatic heterocycles. The second kappa shape index (κ2) is 15.8. The van der Waals surface area contributed by atoms with Gasteiger partial charge in [0.25, 0.3) is 0 Å². The fraction of sp³-hybridized carbons (Fsp3) is 0.949. The second-order valence-corrected chi connectivity index (χ2v) is 18.8. The van der Waals surface area contributed by atoms with Crippen molar-refractivity contribution in [2.45, 2.75) is 158 Å². The standard InChI is InChI=1S/C39H68O8/c1-24-11-16-29(36(42)47-27-14-12-25(13-15-27)37(2,3)4)30(17-24)35(41)46-21-26(40)20-44-33-18-32(39(8,9)10)34(45-23-28-22-43-28)19-31(33)38(5,6)7/h24-34,40H,11-23H2,1-10H3. The lowest BCUT2D eigenvalue weighted by molar-refractivity contribution is -0.172. The van der Waals surface area contributed by atoms with Crippen LogP contribution in [0.3, 0.4) is 0 Å². The number of carbonyl (C=O) groups is 2. The summed E-state index contributed by atoms with van der Waals surface area (Å²) in [6.07, 6.45) is 7.05. The molecule has 0 amide bonds. The van der Waals surface area contributed by atoms with E-state index in [1.54, 1.807) is 0 Å². The third-order valence-corrected chi connectivity index (χ3v) is 11.8. The van der Waals surface area contributed by atoms with Gasteiger partial charge in [0.1, 0.15) is 24.9 Å². The predicted molar refractivity (Wildman–Crippen MR) is 183 cm³/mol. The van der Waals surface area contributed by atoms with Crippen LogP contribution in [0.1, 0.15) is 127 Å². The summed E-state index contributed by atoms with van der Waals surface area (Å²) in [5.41, 5.74) is 0.298. The van der Waals surface area contributed by atoms with Crippen LogP contribution in [-0.4, -0.2) is 74.0 Å². The van der Waals surface area contributed by atoms with Gasteiger partial charge < -0.3 is 28.8 Å². The van der Waals surface area contributed by atoms with Gasteiger partial charge in [-0.05, 0) is 97.7 Å². The van der Waals surface area contributed by atoms with E-state index in [1.165, 1.54) is 0 Å². The Balaban J connectivity index is 1.29. The van der Waals surface area contributed by atoms with Gasteiger partial charge in [0.2, 0.25) is 0 Å². The molecule has 1 aliphatic heterocycles. The van der Waals surface area contributed by atoms with Crippen molar-refractivity contribution in [3.63, 3.8) is 0 Å². The Labute approximate surface area is 285 Å². The van der Waals surface area contributed by atoms with Gasteiger partial charge in [-0.15, -0.1) is 0 Å². The van der Waals surface area contributed by atoms with Gasteiger partial charge in [-0.25, -0.2) is 0 Å².